The largest absolute Gasteiger partial charge is 0.467 e. The molecule has 3 heterocycles. The highest BCUT2D eigenvalue weighted by Crippen LogP contribution is 2.40. The van der Waals surface area contributed by atoms with Gasteiger partial charge in [0.1, 0.15) is 49.3 Å². The SMILES string of the molecule is COC(=O)CO[C@@H]1C(NC(=O)c2cccc(C(F)(F)F)c2)[C@H](OC2O[C@H](CNC(=O)c3cccc(C(F)(F)F)c3)C3OC(C)(C)O[C@@H]23)OC(CO)[C@H]1O. The Balaban J connectivity index is 1.39. The van der Waals surface area contributed by atoms with Crippen molar-refractivity contribution in [2.45, 2.75) is 87.2 Å². The van der Waals surface area contributed by atoms with E-state index in [-0.39, 0.29) is 12.1 Å². The van der Waals surface area contributed by atoms with Gasteiger partial charge in [0.05, 0.1) is 24.8 Å². The second kappa shape index (κ2) is 15.8. The number of methoxy groups -OCH3 is 1. The number of carbonyl (C=O) groups excluding carboxylic acids is 3. The number of aliphatic hydroxyl groups is 2. The van der Waals surface area contributed by atoms with Gasteiger partial charge < -0.3 is 54.0 Å². The van der Waals surface area contributed by atoms with E-state index in [4.69, 9.17) is 28.4 Å². The Morgan fingerprint density at radius 1 is 0.849 bits per heavy atom. The third-order valence-corrected chi connectivity index (χ3v) is 8.52. The van der Waals surface area contributed by atoms with E-state index in [9.17, 15) is 50.9 Å². The molecule has 3 aliphatic heterocycles. The summed E-state index contributed by atoms with van der Waals surface area (Å²) < 4.78 is 120. The molecule has 0 spiro atoms. The van der Waals surface area contributed by atoms with E-state index in [1.807, 2.05) is 0 Å². The number of carbonyl (C=O) groups is 3. The molecular formula is C33H36F6N2O12. The minimum atomic E-state index is -4.79. The molecule has 2 amide bonds. The van der Waals surface area contributed by atoms with Gasteiger partial charge in [0.15, 0.2) is 18.4 Å². The smallest absolute Gasteiger partial charge is 0.416 e. The molecule has 0 bridgehead atoms. The quantitative estimate of drug-likeness (QED) is 0.194. The topological polar surface area (TPSA) is 180 Å². The molecule has 20 heteroatoms. The summed E-state index contributed by atoms with van der Waals surface area (Å²) in [5.74, 6) is -4.11. The Hall–Kier alpha value is -3.89. The summed E-state index contributed by atoms with van der Waals surface area (Å²) in [6.45, 7) is 1.19. The van der Waals surface area contributed by atoms with Gasteiger partial charge in [0.25, 0.3) is 11.8 Å². The van der Waals surface area contributed by atoms with Crippen molar-refractivity contribution in [3.8, 4) is 0 Å². The fraction of sp³-hybridized carbons (Fsp3) is 0.545. The van der Waals surface area contributed by atoms with Crippen LogP contribution < -0.4 is 10.6 Å². The Bertz CT molecular complexity index is 1640. The average molecular weight is 767 g/mol. The van der Waals surface area contributed by atoms with Gasteiger partial charge in [-0.3, -0.25) is 9.59 Å². The maximum atomic E-state index is 13.4. The third-order valence-electron chi connectivity index (χ3n) is 8.52. The first-order valence-electron chi connectivity index (χ1n) is 16.0. The Labute approximate surface area is 297 Å². The molecule has 2 aromatic carbocycles. The first-order valence-corrected chi connectivity index (χ1v) is 16.0. The molecule has 2 aromatic rings. The standard InChI is InChI=1S/C33H36F6N2O12/c1-31(2)52-24-19(12-40-27(45)15-6-4-8-17(10-15)32(34,35)36)49-30(26(24)53-31)51-29-22(25(48-14-21(43)47-3)23(44)20(13-42)50-29)41-28(46)16-7-5-9-18(11-16)33(37,38)39/h4-11,19-20,22-26,29-30,42,44H,12-14H2,1-3H3,(H,40,45)(H,41,46)/t19-,20?,22?,23-,24?,25-,26-,29+,30?/m1/s1. The van der Waals surface area contributed by atoms with Crippen molar-refractivity contribution in [1.82, 2.24) is 10.6 Å². The molecule has 14 nitrogen and oxygen atoms in total. The molecule has 3 fully saturated rings. The van der Waals surface area contributed by atoms with Gasteiger partial charge in [0.2, 0.25) is 0 Å². The van der Waals surface area contributed by atoms with E-state index in [1.54, 1.807) is 13.8 Å². The second-order valence-corrected chi connectivity index (χ2v) is 12.7. The number of hydrogen-bond acceptors (Lipinski definition) is 12. The zero-order chi connectivity index (χ0) is 38.9. The maximum absolute atomic E-state index is 13.4. The van der Waals surface area contributed by atoms with Crippen LogP contribution in [0.15, 0.2) is 48.5 Å². The van der Waals surface area contributed by atoms with Gasteiger partial charge in [0, 0.05) is 17.7 Å². The minimum absolute atomic E-state index is 0.285. The molecule has 0 aliphatic carbocycles. The molecule has 3 saturated heterocycles. The summed E-state index contributed by atoms with van der Waals surface area (Å²) >= 11 is 0. The van der Waals surface area contributed by atoms with Crippen molar-refractivity contribution in [2.75, 3.05) is 26.9 Å². The summed E-state index contributed by atoms with van der Waals surface area (Å²) in [7, 11) is 1.05. The predicted molar refractivity (Wildman–Crippen MR) is 164 cm³/mol. The van der Waals surface area contributed by atoms with Gasteiger partial charge in [-0.2, -0.15) is 26.3 Å². The fourth-order valence-electron chi connectivity index (χ4n) is 6.01. The first-order chi connectivity index (χ1) is 24.8. The monoisotopic (exact) mass is 766 g/mol. The molecule has 53 heavy (non-hydrogen) atoms. The van der Waals surface area contributed by atoms with Crippen LogP contribution in [0.5, 0.6) is 0 Å². The molecule has 292 valence electrons. The first kappa shape index (κ1) is 40.3. The van der Waals surface area contributed by atoms with Crippen molar-refractivity contribution in [3.63, 3.8) is 0 Å². The lowest BCUT2D eigenvalue weighted by atomic mass is 9.96. The number of halogens is 6. The molecule has 5 rings (SSSR count). The predicted octanol–water partition coefficient (Wildman–Crippen LogP) is 2.15. The van der Waals surface area contributed by atoms with E-state index in [2.05, 4.69) is 15.4 Å². The molecule has 3 aliphatic rings. The van der Waals surface area contributed by atoms with Crippen LogP contribution in [0.2, 0.25) is 0 Å². The molecular weight excluding hydrogens is 730 g/mol. The fourth-order valence-corrected chi connectivity index (χ4v) is 6.01. The number of fused-ring (bicyclic) bond motifs is 1. The second-order valence-electron chi connectivity index (χ2n) is 12.7. The lowest BCUT2D eigenvalue weighted by molar-refractivity contribution is -0.329. The zero-order valence-corrected chi connectivity index (χ0v) is 28.2. The summed E-state index contributed by atoms with van der Waals surface area (Å²) in [6.07, 6.45) is -20.5. The van der Waals surface area contributed by atoms with Crippen LogP contribution >= 0.6 is 0 Å². The molecule has 9 atom stereocenters. The lowest BCUT2D eigenvalue weighted by Gasteiger charge is -2.44. The molecule has 0 radical (unpaired) electrons. The summed E-state index contributed by atoms with van der Waals surface area (Å²) in [6, 6.07) is 5.58. The van der Waals surface area contributed by atoms with Crippen molar-refractivity contribution < 1.29 is 84.1 Å². The average Bonchev–Trinajstić information content (AvgIpc) is 3.59. The van der Waals surface area contributed by atoms with Crippen molar-refractivity contribution in [1.29, 1.82) is 0 Å². The van der Waals surface area contributed by atoms with Gasteiger partial charge in [-0.25, -0.2) is 4.79 Å². The number of benzene rings is 2. The number of hydrogen-bond donors (Lipinski definition) is 4. The van der Waals surface area contributed by atoms with Gasteiger partial charge in [-0.1, -0.05) is 12.1 Å². The van der Waals surface area contributed by atoms with Crippen molar-refractivity contribution >= 4 is 17.8 Å². The molecule has 4 unspecified atom stereocenters. The van der Waals surface area contributed by atoms with Crippen LogP contribution in [0.25, 0.3) is 0 Å². The number of alkyl halides is 6. The number of nitrogens with one attached hydrogen (secondary N) is 2. The Kier molecular flexibility index (Phi) is 12.0. The van der Waals surface area contributed by atoms with E-state index in [0.29, 0.717) is 12.1 Å². The number of rotatable bonds is 11. The van der Waals surface area contributed by atoms with Gasteiger partial charge in [-0.15, -0.1) is 0 Å². The maximum Gasteiger partial charge on any atom is 0.416 e. The van der Waals surface area contributed by atoms with Crippen LogP contribution in [0.1, 0.15) is 45.7 Å². The summed E-state index contributed by atoms with van der Waals surface area (Å²) in [5.41, 5.74) is -2.90. The van der Waals surface area contributed by atoms with Gasteiger partial charge >= 0.3 is 18.3 Å². The van der Waals surface area contributed by atoms with Crippen LogP contribution in [-0.2, 0) is 50.3 Å². The number of amides is 2. The highest BCUT2D eigenvalue weighted by molar-refractivity contribution is 5.95. The third kappa shape index (κ3) is 9.44. The van der Waals surface area contributed by atoms with Crippen molar-refractivity contribution in [3.05, 3.63) is 70.8 Å². The summed E-state index contributed by atoms with van der Waals surface area (Å²) in [5, 5.41) is 26.0. The number of ether oxygens (including phenoxy) is 7. The van der Waals surface area contributed by atoms with E-state index in [1.165, 1.54) is 6.07 Å². The minimum Gasteiger partial charge on any atom is -0.467 e. The van der Waals surface area contributed by atoms with E-state index >= 15 is 0 Å². The van der Waals surface area contributed by atoms with Crippen LogP contribution in [-0.4, -0.2) is 116 Å². The molecule has 4 N–H and O–H groups in total. The summed E-state index contributed by atoms with van der Waals surface area (Å²) in [4.78, 5) is 38.2. The lowest BCUT2D eigenvalue weighted by Crippen LogP contribution is -2.66. The van der Waals surface area contributed by atoms with Crippen LogP contribution in [0, 0.1) is 0 Å². The van der Waals surface area contributed by atoms with Crippen LogP contribution in [0.3, 0.4) is 0 Å². The molecule has 0 aromatic heterocycles. The van der Waals surface area contributed by atoms with Crippen molar-refractivity contribution in [2.24, 2.45) is 0 Å². The van der Waals surface area contributed by atoms with Gasteiger partial charge in [-0.05, 0) is 50.2 Å². The Morgan fingerprint density at radius 3 is 1.98 bits per heavy atom. The van der Waals surface area contributed by atoms with E-state index in [0.717, 1.165) is 37.4 Å². The number of esters is 1. The zero-order valence-electron chi connectivity index (χ0n) is 28.2. The normalized spacial score (nSPS) is 29.7. The number of aliphatic hydroxyl groups excluding tert-OH is 2. The van der Waals surface area contributed by atoms with E-state index < -0.39 is 121 Å². The highest BCUT2D eigenvalue weighted by Gasteiger charge is 2.58. The van der Waals surface area contributed by atoms with Crippen LogP contribution in [0.4, 0.5) is 26.3 Å². The molecule has 0 saturated carbocycles. The highest BCUT2D eigenvalue weighted by atomic mass is 19.4. The Morgan fingerprint density at radius 2 is 1.42 bits per heavy atom.